The molecule has 0 unspecified atom stereocenters. The van der Waals surface area contributed by atoms with Crippen molar-refractivity contribution in [3.05, 3.63) is 16.2 Å². The molecule has 0 saturated carbocycles. The molecule has 9 nitrogen and oxygen atoms in total. The zero-order chi connectivity index (χ0) is 15.6. The van der Waals surface area contributed by atoms with Crippen LogP contribution >= 0.6 is 11.3 Å². The highest BCUT2D eigenvalue weighted by Gasteiger charge is 2.31. The number of nitrogens with one attached hydrogen (secondary N) is 2. The minimum atomic E-state index is -3.84. The van der Waals surface area contributed by atoms with Crippen LogP contribution < -0.4 is 10.6 Å². The Morgan fingerprint density at radius 2 is 2.19 bits per heavy atom. The Balaban J connectivity index is 2.35. The van der Waals surface area contributed by atoms with Gasteiger partial charge in [-0.3, -0.25) is 14.9 Å². The van der Waals surface area contributed by atoms with Gasteiger partial charge in [0.05, 0.1) is 4.92 Å². The highest BCUT2D eigenvalue weighted by molar-refractivity contribution is 7.91. The predicted molar refractivity (Wildman–Crippen MR) is 76.9 cm³/mol. The van der Waals surface area contributed by atoms with Gasteiger partial charge in [0.2, 0.25) is 5.91 Å². The molecule has 1 aromatic rings. The first-order valence-corrected chi connectivity index (χ1v) is 8.34. The molecule has 21 heavy (non-hydrogen) atoms. The molecule has 11 heteroatoms. The summed E-state index contributed by atoms with van der Waals surface area (Å²) >= 11 is 0.808. The van der Waals surface area contributed by atoms with Crippen LogP contribution in [0.3, 0.4) is 0 Å². The summed E-state index contributed by atoms with van der Waals surface area (Å²) in [5.74, 6) is -0.208. The number of amides is 1. The number of nitrogens with zero attached hydrogens (tertiary/aromatic N) is 2. The van der Waals surface area contributed by atoms with E-state index in [1.54, 1.807) is 0 Å². The van der Waals surface area contributed by atoms with Crippen molar-refractivity contribution in [2.45, 2.75) is 10.6 Å². The normalized spacial score (nSPS) is 17.1. The Bertz CT molecular complexity index is 669. The number of carbonyl (C=O) groups is 1. The van der Waals surface area contributed by atoms with E-state index < -0.39 is 14.9 Å². The van der Waals surface area contributed by atoms with Crippen LogP contribution in [0.15, 0.2) is 10.3 Å². The second kappa shape index (κ2) is 5.95. The Morgan fingerprint density at radius 1 is 1.48 bits per heavy atom. The lowest BCUT2D eigenvalue weighted by molar-refractivity contribution is -0.383. The van der Waals surface area contributed by atoms with Gasteiger partial charge in [-0.05, 0) is 0 Å². The topological polar surface area (TPSA) is 122 Å². The molecule has 2 rings (SSSR count). The smallest absolute Gasteiger partial charge is 0.304 e. The van der Waals surface area contributed by atoms with Crippen molar-refractivity contribution in [3.63, 3.8) is 0 Å². The van der Waals surface area contributed by atoms with Crippen LogP contribution in [0.25, 0.3) is 0 Å². The molecule has 1 aliphatic heterocycles. The Kier molecular flexibility index (Phi) is 4.44. The van der Waals surface area contributed by atoms with E-state index in [0.717, 1.165) is 17.4 Å². The number of hydrogen-bond acceptors (Lipinski definition) is 7. The molecule has 1 amide bonds. The van der Waals surface area contributed by atoms with Crippen LogP contribution in [0.5, 0.6) is 0 Å². The molecule has 0 radical (unpaired) electrons. The SMILES string of the molecule is CNc1sc(S(=O)(=O)N2CCNC(=O)CC2)cc1[N+](=O)[O-]. The van der Waals surface area contributed by atoms with E-state index in [-0.39, 0.29) is 46.9 Å². The first-order valence-electron chi connectivity index (χ1n) is 6.09. The molecule has 0 bridgehead atoms. The fourth-order valence-corrected chi connectivity index (χ4v) is 4.79. The molecule has 1 fully saturated rings. The van der Waals surface area contributed by atoms with Gasteiger partial charge in [0, 0.05) is 39.2 Å². The van der Waals surface area contributed by atoms with Crippen LogP contribution in [0.2, 0.25) is 0 Å². The molecule has 2 heterocycles. The lowest BCUT2D eigenvalue weighted by Crippen LogP contribution is -2.33. The van der Waals surface area contributed by atoms with Crippen molar-refractivity contribution in [2.24, 2.45) is 0 Å². The number of rotatable bonds is 4. The maximum atomic E-state index is 12.5. The van der Waals surface area contributed by atoms with E-state index in [0.29, 0.717) is 0 Å². The first-order chi connectivity index (χ1) is 9.86. The number of nitro groups is 1. The van der Waals surface area contributed by atoms with Gasteiger partial charge in [-0.25, -0.2) is 8.42 Å². The van der Waals surface area contributed by atoms with E-state index in [1.165, 1.54) is 11.4 Å². The van der Waals surface area contributed by atoms with Crippen molar-refractivity contribution in [1.82, 2.24) is 9.62 Å². The molecule has 2 N–H and O–H groups in total. The Morgan fingerprint density at radius 3 is 2.76 bits per heavy atom. The second-order valence-corrected chi connectivity index (χ2v) is 7.51. The summed E-state index contributed by atoms with van der Waals surface area (Å²) in [5, 5.41) is 16.3. The van der Waals surface area contributed by atoms with Crippen molar-refractivity contribution >= 4 is 38.0 Å². The van der Waals surface area contributed by atoms with Crippen molar-refractivity contribution in [3.8, 4) is 0 Å². The summed E-state index contributed by atoms with van der Waals surface area (Å²) < 4.78 is 26.1. The Hall–Kier alpha value is -1.72. The lowest BCUT2D eigenvalue weighted by Gasteiger charge is -2.17. The first kappa shape index (κ1) is 15.7. The summed E-state index contributed by atoms with van der Waals surface area (Å²) in [7, 11) is -2.35. The van der Waals surface area contributed by atoms with Crippen LogP contribution in [0.1, 0.15) is 6.42 Å². The number of sulfonamides is 1. The summed E-state index contributed by atoms with van der Waals surface area (Å²) in [5.41, 5.74) is -0.273. The number of carbonyl (C=O) groups excluding carboxylic acids is 1. The molecular weight excluding hydrogens is 320 g/mol. The van der Waals surface area contributed by atoms with Crippen LogP contribution in [0, 0.1) is 10.1 Å². The van der Waals surface area contributed by atoms with Gasteiger partial charge in [0.1, 0.15) is 4.21 Å². The highest BCUT2D eigenvalue weighted by atomic mass is 32.2. The van der Waals surface area contributed by atoms with E-state index in [1.807, 2.05) is 0 Å². The number of thiophene rings is 1. The summed E-state index contributed by atoms with van der Waals surface area (Å²) in [6.07, 6.45) is 0.0750. The Labute approximate surface area is 125 Å². The molecule has 1 saturated heterocycles. The fourth-order valence-electron chi connectivity index (χ4n) is 1.92. The molecule has 0 aromatic carbocycles. The standard InChI is InChI=1S/C10H14N4O5S2/c1-11-10-7(14(16)17)6-9(20-10)21(18,19)13-4-2-8(15)12-3-5-13/h6,11H,2-5H2,1H3,(H,12,15). The average molecular weight is 334 g/mol. The predicted octanol–water partition coefficient (Wildman–Crippen LogP) is 0.209. The molecule has 0 atom stereocenters. The quantitative estimate of drug-likeness (QED) is 0.599. The van der Waals surface area contributed by atoms with Gasteiger partial charge >= 0.3 is 5.69 Å². The minimum absolute atomic E-state index is 0.0642. The van der Waals surface area contributed by atoms with Crippen LogP contribution in [-0.2, 0) is 14.8 Å². The highest BCUT2D eigenvalue weighted by Crippen LogP contribution is 2.37. The van der Waals surface area contributed by atoms with Crippen molar-refractivity contribution in [1.29, 1.82) is 0 Å². The second-order valence-electron chi connectivity index (χ2n) is 4.29. The third-order valence-corrected chi connectivity index (χ3v) is 6.47. The molecule has 0 spiro atoms. The van der Waals surface area contributed by atoms with Crippen LogP contribution in [-0.4, -0.2) is 50.2 Å². The van der Waals surface area contributed by atoms with Gasteiger partial charge in [0.15, 0.2) is 5.00 Å². The molecule has 116 valence electrons. The summed E-state index contributed by atoms with van der Waals surface area (Å²) in [6, 6.07) is 1.05. The van der Waals surface area contributed by atoms with Gasteiger partial charge in [-0.1, -0.05) is 11.3 Å². The molecule has 1 aliphatic rings. The summed E-state index contributed by atoms with van der Waals surface area (Å²) in [4.78, 5) is 21.5. The summed E-state index contributed by atoms with van der Waals surface area (Å²) in [6.45, 7) is 0.438. The van der Waals surface area contributed by atoms with E-state index in [9.17, 15) is 23.3 Å². The third-order valence-electron chi connectivity index (χ3n) is 2.98. The zero-order valence-electron chi connectivity index (χ0n) is 11.2. The number of hydrogen-bond donors (Lipinski definition) is 2. The van der Waals surface area contributed by atoms with E-state index in [4.69, 9.17) is 0 Å². The maximum absolute atomic E-state index is 12.5. The van der Waals surface area contributed by atoms with Crippen molar-refractivity contribution in [2.75, 3.05) is 32.0 Å². The maximum Gasteiger partial charge on any atom is 0.304 e. The average Bonchev–Trinajstić information content (AvgIpc) is 2.76. The zero-order valence-corrected chi connectivity index (χ0v) is 12.8. The van der Waals surface area contributed by atoms with Gasteiger partial charge in [-0.2, -0.15) is 4.31 Å². The molecule has 1 aromatic heterocycles. The van der Waals surface area contributed by atoms with Crippen molar-refractivity contribution < 1.29 is 18.1 Å². The van der Waals surface area contributed by atoms with E-state index >= 15 is 0 Å². The molecule has 0 aliphatic carbocycles. The van der Waals surface area contributed by atoms with Gasteiger partial charge in [-0.15, -0.1) is 0 Å². The van der Waals surface area contributed by atoms with E-state index in [2.05, 4.69) is 10.6 Å². The lowest BCUT2D eigenvalue weighted by atomic mass is 10.4. The minimum Gasteiger partial charge on any atom is -0.374 e. The number of anilines is 1. The monoisotopic (exact) mass is 334 g/mol. The van der Waals surface area contributed by atoms with Gasteiger partial charge in [0.25, 0.3) is 10.0 Å². The molecular formula is C10H14N4O5S2. The third kappa shape index (κ3) is 3.14. The van der Waals surface area contributed by atoms with Crippen LogP contribution in [0.4, 0.5) is 10.7 Å². The van der Waals surface area contributed by atoms with Gasteiger partial charge < -0.3 is 10.6 Å². The largest absolute Gasteiger partial charge is 0.374 e. The fraction of sp³-hybridized carbons (Fsp3) is 0.500.